The van der Waals surface area contributed by atoms with Gasteiger partial charge in [0, 0.05) is 32.0 Å². The molecule has 0 unspecified atom stereocenters. The highest BCUT2D eigenvalue weighted by Crippen LogP contribution is 2.24. The summed E-state index contributed by atoms with van der Waals surface area (Å²) in [6.07, 6.45) is 2.12. The van der Waals surface area contributed by atoms with Crippen molar-refractivity contribution < 1.29 is 19.4 Å². The van der Waals surface area contributed by atoms with Crippen LogP contribution in [-0.2, 0) is 4.74 Å². The van der Waals surface area contributed by atoms with Crippen LogP contribution in [0.3, 0.4) is 0 Å². The predicted molar refractivity (Wildman–Crippen MR) is 86.0 cm³/mol. The number of carboxylic acid groups (broad SMARTS) is 1. The molecule has 0 atom stereocenters. The molecule has 0 amide bonds. The van der Waals surface area contributed by atoms with E-state index in [1.54, 1.807) is 38.5 Å². The van der Waals surface area contributed by atoms with Crippen molar-refractivity contribution in [2.75, 3.05) is 32.7 Å². The van der Waals surface area contributed by atoms with Gasteiger partial charge in [-0.15, -0.1) is 0 Å². The topological polar surface area (TPSA) is 93.6 Å². The molecular formula is C16H19N3O4. The third-order valence-corrected chi connectivity index (χ3v) is 3.19. The molecular weight excluding hydrogens is 298 g/mol. The number of rotatable bonds is 8. The first kappa shape index (κ1) is 16.7. The van der Waals surface area contributed by atoms with Crippen LogP contribution in [0.2, 0.25) is 0 Å². The lowest BCUT2D eigenvalue weighted by molar-refractivity contribution is 0.0697. The first-order valence-electron chi connectivity index (χ1n) is 7.13. The van der Waals surface area contributed by atoms with E-state index in [1.165, 1.54) is 6.20 Å². The number of benzene rings is 1. The van der Waals surface area contributed by atoms with E-state index in [-0.39, 0.29) is 5.56 Å². The lowest BCUT2D eigenvalue weighted by atomic mass is 10.1. The number of hydrogen-bond donors (Lipinski definition) is 2. The number of methoxy groups -OCH3 is 2. The average Bonchev–Trinajstić information content (AvgIpc) is 2.58. The van der Waals surface area contributed by atoms with Gasteiger partial charge in [-0.1, -0.05) is 0 Å². The summed E-state index contributed by atoms with van der Waals surface area (Å²) in [4.78, 5) is 19.8. The van der Waals surface area contributed by atoms with Crippen LogP contribution in [0.1, 0.15) is 16.8 Å². The third-order valence-electron chi connectivity index (χ3n) is 3.19. The highest BCUT2D eigenvalue weighted by molar-refractivity contribution is 5.94. The fourth-order valence-electron chi connectivity index (χ4n) is 2.01. The van der Waals surface area contributed by atoms with Gasteiger partial charge in [0.15, 0.2) is 0 Å². The maximum atomic E-state index is 11.4. The van der Waals surface area contributed by atoms with Crippen molar-refractivity contribution in [3.05, 3.63) is 36.0 Å². The van der Waals surface area contributed by atoms with E-state index in [2.05, 4.69) is 15.3 Å². The molecule has 0 aliphatic rings. The van der Waals surface area contributed by atoms with Gasteiger partial charge in [0.25, 0.3) is 0 Å². The molecule has 0 radical (unpaired) electrons. The number of nitrogens with zero attached hydrogens (tertiary/aromatic N) is 2. The summed E-state index contributed by atoms with van der Waals surface area (Å²) in [6, 6.07) is 7.05. The summed E-state index contributed by atoms with van der Waals surface area (Å²) < 4.78 is 10.1. The van der Waals surface area contributed by atoms with Crippen molar-refractivity contribution >= 4 is 11.9 Å². The number of aromatic nitrogens is 2. The van der Waals surface area contributed by atoms with Crippen LogP contribution in [-0.4, -0.2) is 48.4 Å². The Morgan fingerprint density at radius 3 is 2.61 bits per heavy atom. The molecule has 2 aromatic rings. The molecule has 23 heavy (non-hydrogen) atoms. The number of anilines is 1. The number of hydrogen-bond acceptors (Lipinski definition) is 6. The quantitative estimate of drug-likeness (QED) is 0.721. The average molecular weight is 317 g/mol. The van der Waals surface area contributed by atoms with Crippen LogP contribution in [0.25, 0.3) is 11.3 Å². The Bertz CT molecular complexity index is 659. The molecule has 0 saturated carbocycles. The molecule has 0 saturated heterocycles. The predicted octanol–water partition coefficient (Wildman–Crippen LogP) is 2.30. The second-order valence-corrected chi connectivity index (χ2v) is 4.76. The van der Waals surface area contributed by atoms with E-state index in [0.29, 0.717) is 36.1 Å². The molecule has 1 aromatic carbocycles. The van der Waals surface area contributed by atoms with Gasteiger partial charge in [-0.05, 0) is 30.7 Å². The summed E-state index contributed by atoms with van der Waals surface area (Å²) in [5, 5.41) is 12.4. The molecule has 0 fully saturated rings. The standard InChI is InChI=1S/C16H19N3O4/c1-22-9-3-8-17-16-18-10-13(15(20)21)14(19-16)11-4-6-12(23-2)7-5-11/h4-7,10H,3,8-9H2,1-2H3,(H,20,21)(H,17,18,19). The molecule has 0 aliphatic carbocycles. The molecule has 0 spiro atoms. The Labute approximate surface area is 134 Å². The van der Waals surface area contributed by atoms with Crippen molar-refractivity contribution in [3.63, 3.8) is 0 Å². The monoisotopic (exact) mass is 317 g/mol. The van der Waals surface area contributed by atoms with E-state index >= 15 is 0 Å². The Balaban J connectivity index is 2.27. The van der Waals surface area contributed by atoms with Crippen LogP contribution in [0, 0.1) is 0 Å². The molecule has 0 bridgehead atoms. The van der Waals surface area contributed by atoms with Crippen molar-refractivity contribution in [1.29, 1.82) is 0 Å². The molecule has 0 aliphatic heterocycles. The summed E-state index contributed by atoms with van der Waals surface area (Å²) in [5.74, 6) is 0.0104. The summed E-state index contributed by atoms with van der Waals surface area (Å²) in [5.41, 5.74) is 1.10. The largest absolute Gasteiger partial charge is 0.497 e. The zero-order valence-electron chi connectivity index (χ0n) is 13.1. The molecule has 1 heterocycles. The number of carbonyl (C=O) groups is 1. The van der Waals surface area contributed by atoms with Crippen molar-refractivity contribution in [2.24, 2.45) is 0 Å². The van der Waals surface area contributed by atoms with Gasteiger partial charge in [-0.25, -0.2) is 14.8 Å². The van der Waals surface area contributed by atoms with Crippen LogP contribution in [0.4, 0.5) is 5.95 Å². The maximum absolute atomic E-state index is 11.4. The van der Waals surface area contributed by atoms with E-state index < -0.39 is 5.97 Å². The van der Waals surface area contributed by atoms with Crippen LogP contribution in [0.5, 0.6) is 5.75 Å². The zero-order valence-corrected chi connectivity index (χ0v) is 13.1. The lowest BCUT2D eigenvalue weighted by Crippen LogP contribution is -2.10. The Kier molecular flexibility index (Phi) is 5.87. The summed E-state index contributed by atoms with van der Waals surface area (Å²) >= 11 is 0. The van der Waals surface area contributed by atoms with E-state index in [9.17, 15) is 9.90 Å². The highest BCUT2D eigenvalue weighted by atomic mass is 16.5. The van der Waals surface area contributed by atoms with Gasteiger partial charge >= 0.3 is 5.97 Å². The minimum atomic E-state index is -1.07. The number of carboxylic acids is 1. The molecule has 7 nitrogen and oxygen atoms in total. The maximum Gasteiger partial charge on any atom is 0.339 e. The van der Waals surface area contributed by atoms with Gasteiger partial charge < -0.3 is 19.9 Å². The minimum Gasteiger partial charge on any atom is -0.497 e. The van der Waals surface area contributed by atoms with Crippen molar-refractivity contribution in [2.45, 2.75) is 6.42 Å². The van der Waals surface area contributed by atoms with Gasteiger partial charge in [0.2, 0.25) is 5.95 Å². The van der Waals surface area contributed by atoms with Crippen LogP contribution in [0.15, 0.2) is 30.5 Å². The van der Waals surface area contributed by atoms with E-state index in [0.717, 1.165) is 6.42 Å². The van der Waals surface area contributed by atoms with Crippen molar-refractivity contribution in [1.82, 2.24) is 9.97 Å². The third kappa shape index (κ3) is 4.40. The van der Waals surface area contributed by atoms with Gasteiger partial charge in [0.05, 0.1) is 12.8 Å². The Hall–Kier alpha value is -2.67. The molecule has 122 valence electrons. The normalized spacial score (nSPS) is 10.3. The highest BCUT2D eigenvalue weighted by Gasteiger charge is 2.15. The number of nitrogens with one attached hydrogen (secondary N) is 1. The SMILES string of the molecule is COCCCNc1ncc(C(=O)O)c(-c2ccc(OC)cc2)n1. The van der Waals surface area contributed by atoms with Crippen molar-refractivity contribution in [3.8, 4) is 17.0 Å². The molecule has 2 N–H and O–H groups in total. The second kappa shape index (κ2) is 8.09. The fraction of sp³-hybridized carbons (Fsp3) is 0.312. The van der Waals surface area contributed by atoms with Gasteiger partial charge in [-0.3, -0.25) is 0 Å². The van der Waals surface area contributed by atoms with Gasteiger partial charge in [-0.2, -0.15) is 0 Å². The number of aromatic carboxylic acids is 1. The lowest BCUT2D eigenvalue weighted by Gasteiger charge is -2.10. The Morgan fingerprint density at radius 1 is 1.26 bits per heavy atom. The fourth-order valence-corrected chi connectivity index (χ4v) is 2.01. The number of ether oxygens (including phenoxy) is 2. The first-order valence-corrected chi connectivity index (χ1v) is 7.13. The molecule has 1 aromatic heterocycles. The van der Waals surface area contributed by atoms with E-state index in [4.69, 9.17) is 9.47 Å². The summed E-state index contributed by atoms with van der Waals surface area (Å²) in [6.45, 7) is 1.27. The van der Waals surface area contributed by atoms with Crippen LogP contribution < -0.4 is 10.1 Å². The smallest absolute Gasteiger partial charge is 0.339 e. The van der Waals surface area contributed by atoms with Gasteiger partial charge in [0.1, 0.15) is 11.3 Å². The first-order chi connectivity index (χ1) is 11.2. The zero-order chi connectivity index (χ0) is 16.7. The minimum absolute atomic E-state index is 0.0533. The molecule has 2 rings (SSSR count). The van der Waals surface area contributed by atoms with E-state index in [1.807, 2.05) is 0 Å². The summed E-state index contributed by atoms with van der Waals surface area (Å²) in [7, 11) is 3.21. The second-order valence-electron chi connectivity index (χ2n) is 4.76. The van der Waals surface area contributed by atoms with Crippen LogP contribution >= 0.6 is 0 Å². The molecule has 7 heteroatoms. The Morgan fingerprint density at radius 2 is 2.00 bits per heavy atom.